The van der Waals surface area contributed by atoms with Crippen molar-refractivity contribution in [3.8, 4) is 11.1 Å². The summed E-state index contributed by atoms with van der Waals surface area (Å²) in [4.78, 5) is 35.9. The molecule has 2 atom stereocenters. The summed E-state index contributed by atoms with van der Waals surface area (Å²) in [5.41, 5.74) is 4.62. The normalized spacial score (nSPS) is 14.2. The van der Waals surface area contributed by atoms with Crippen LogP contribution in [0.2, 0.25) is 0 Å². The Bertz CT molecular complexity index is 958. The zero-order chi connectivity index (χ0) is 24.0. The minimum Gasteiger partial charge on any atom is -0.480 e. The van der Waals surface area contributed by atoms with E-state index < -0.39 is 24.0 Å². The molecular formula is C26H32N2O5. The molecule has 1 unspecified atom stereocenters. The lowest BCUT2D eigenvalue weighted by Gasteiger charge is -2.19. The molecule has 0 fully saturated rings. The monoisotopic (exact) mass is 452 g/mol. The highest BCUT2D eigenvalue weighted by Crippen LogP contribution is 2.44. The first-order valence-corrected chi connectivity index (χ1v) is 11.4. The predicted octanol–water partition coefficient (Wildman–Crippen LogP) is 4.17. The van der Waals surface area contributed by atoms with E-state index in [4.69, 9.17) is 4.74 Å². The summed E-state index contributed by atoms with van der Waals surface area (Å²) < 4.78 is 5.49. The molecule has 0 saturated carbocycles. The standard InChI is InChI=1S/C26H32N2O5/c1-16(2)14-23(25(30)31)28-24(29)17(3)12-13-27-26(32)33-15-22-20-10-6-4-8-18(20)19-9-5-7-11-21(19)22/h4-11,16-17,22-23H,12-15H2,1-3H3,(H,27,32)(H,28,29)(H,30,31)/t17?,23-/m1/s1. The number of nitrogens with one attached hydrogen (secondary N) is 2. The number of carbonyl (C=O) groups is 3. The van der Waals surface area contributed by atoms with Gasteiger partial charge in [-0.3, -0.25) is 4.79 Å². The van der Waals surface area contributed by atoms with E-state index in [0.29, 0.717) is 12.8 Å². The number of alkyl carbamates (subject to hydrolysis) is 1. The number of carboxylic acids is 1. The first kappa shape index (κ1) is 24.3. The Morgan fingerprint density at radius 3 is 2.09 bits per heavy atom. The van der Waals surface area contributed by atoms with Crippen molar-refractivity contribution in [1.29, 1.82) is 0 Å². The summed E-state index contributed by atoms with van der Waals surface area (Å²) in [5.74, 6) is -1.68. The first-order chi connectivity index (χ1) is 15.8. The minimum atomic E-state index is -1.04. The molecule has 2 aromatic rings. The molecule has 176 valence electrons. The van der Waals surface area contributed by atoms with E-state index in [1.54, 1.807) is 6.92 Å². The Kier molecular flexibility index (Phi) is 8.09. The van der Waals surface area contributed by atoms with Crippen LogP contribution in [0.25, 0.3) is 11.1 Å². The van der Waals surface area contributed by atoms with Crippen molar-refractivity contribution < 1.29 is 24.2 Å². The van der Waals surface area contributed by atoms with Crippen molar-refractivity contribution in [2.45, 2.75) is 45.6 Å². The Labute approximate surface area is 194 Å². The van der Waals surface area contributed by atoms with Gasteiger partial charge in [0.1, 0.15) is 12.6 Å². The van der Waals surface area contributed by atoms with Crippen molar-refractivity contribution in [2.24, 2.45) is 11.8 Å². The SMILES string of the molecule is CC(C)C[C@@H](NC(=O)C(C)CCNC(=O)OCC1c2ccccc2-c2ccccc21)C(=O)O. The van der Waals surface area contributed by atoms with E-state index in [0.717, 1.165) is 11.1 Å². The van der Waals surface area contributed by atoms with E-state index in [1.165, 1.54) is 11.1 Å². The predicted molar refractivity (Wildman–Crippen MR) is 126 cm³/mol. The molecule has 3 rings (SSSR count). The number of fused-ring (bicyclic) bond motifs is 3. The van der Waals surface area contributed by atoms with Gasteiger partial charge in [0.2, 0.25) is 5.91 Å². The Morgan fingerprint density at radius 2 is 1.55 bits per heavy atom. The molecule has 1 aliphatic carbocycles. The van der Waals surface area contributed by atoms with E-state index >= 15 is 0 Å². The molecule has 0 aromatic heterocycles. The lowest BCUT2D eigenvalue weighted by molar-refractivity contribution is -0.142. The van der Waals surface area contributed by atoms with Crippen molar-refractivity contribution in [1.82, 2.24) is 10.6 Å². The second-order valence-corrected chi connectivity index (χ2v) is 8.97. The molecule has 0 heterocycles. The fourth-order valence-corrected chi connectivity index (χ4v) is 4.18. The molecule has 2 aromatic carbocycles. The molecule has 33 heavy (non-hydrogen) atoms. The number of ether oxygens (including phenoxy) is 1. The second-order valence-electron chi connectivity index (χ2n) is 8.97. The number of benzene rings is 2. The molecule has 2 amide bonds. The number of rotatable bonds is 10. The Morgan fingerprint density at radius 1 is 0.970 bits per heavy atom. The van der Waals surface area contributed by atoms with E-state index in [9.17, 15) is 19.5 Å². The van der Waals surface area contributed by atoms with Crippen LogP contribution in [0.1, 0.15) is 50.7 Å². The number of hydrogen-bond acceptors (Lipinski definition) is 4. The minimum absolute atomic E-state index is 0.0123. The maximum absolute atomic E-state index is 12.3. The molecule has 0 aliphatic heterocycles. The lowest BCUT2D eigenvalue weighted by Crippen LogP contribution is -2.44. The van der Waals surface area contributed by atoms with Crippen LogP contribution in [-0.2, 0) is 14.3 Å². The third kappa shape index (κ3) is 6.12. The summed E-state index contributed by atoms with van der Waals surface area (Å²) in [5, 5.41) is 14.6. The molecule has 0 saturated heterocycles. The van der Waals surface area contributed by atoms with Gasteiger partial charge in [0.25, 0.3) is 0 Å². The van der Waals surface area contributed by atoms with Crippen LogP contribution < -0.4 is 10.6 Å². The number of amides is 2. The molecule has 7 heteroatoms. The third-order valence-electron chi connectivity index (χ3n) is 5.96. The zero-order valence-electron chi connectivity index (χ0n) is 19.3. The number of hydrogen-bond donors (Lipinski definition) is 3. The van der Waals surface area contributed by atoms with Gasteiger partial charge in [-0.15, -0.1) is 0 Å². The van der Waals surface area contributed by atoms with Gasteiger partial charge in [0.15, 0.2) is 0 Å². The van der Waals surface area contributed by atoms with Crippen LogP contribution in [0.5, 0.6) is 0 Å². The molecular weight excluding hydrogens is 420 g/mol. The van der Waals surface area contributed by atoms with Gasteiger partial charge in [-0.05, 0) is 41.0 Å². The molecule has 0 bridgehead atoms. The third-order valence-corrected chi connectivity index (χ3v) is 5.96. The zero-order valence-corrected chi connectivity index (χ0v) is 19.3. The highest BCUT2D eigenvalue weighted by Gasteiger charge is 2.29. The quantitative estimate of drug-likeness (QED) is 0.502. The molecule has 0 radical (unpaired) electrons. The fraction of sp³-hybridized carbons (Fsp3) is 0.423. The molecule has 0 spiro atoms. The van der Waals surface area contributed by atoms with Crippen LogP contribution in [0.3, 0.4) is 0 Å². The largest absolute Gasteiger partial charge is 0.480 e. The van der Waals surface area contributed by atoms with Crippen LogP contribution in [0, 0.1) is 11.8 Å². The molecule has 7 nitrogen and oxygen atoms in total. The van der Waals surface area contributed by atoms with Gasteiger partial charge in [-0.1, -0.05) is 69.3 Å². The van der Waals surface area contributed by atoms with Gasteiger partial charge in [-0.2, -0.15) is 0 Å². The summed E-state index contributed by atoms with van der Waals surface area (Å²) in [7, 11) is 0. The first-order valence-electron chi connectivity index (χ1n) is 11.4. The van der Waals surface area contributed by atoms with Gasteiger partial charge >= 0.3 is 12.1 Å². The number of carbonyl (C=O) groups excluding carboxylic acids is 2. The summed E-state index contributed by atoms with van der Waals surface area (Å²) in [6, 6.07) is 15.4. The van der Waals surface area contributed by atoms with Crippen molar-refractivity contribution in [3.05, 3.63) is 59.7 Å². The molecule has 3 N–H and O–H groups in total. The van der Waals surface area contributed by atoms with E-state index in [2.05, 4.69) is 34.9 Å². The number of carboxylic acid groups (broad SMARTS) is 1. The fourth-order valence-electron chi connectivity index (χ4n) is 4.18. The summed E-state index contributed by atoms with van der Waals surface area (Å²) in [6.45, 7) is 6.01. The van der Waals surface area contributed by atoms with E-state index in [-0.39, 0.29) is 30.9 Å². The van der Waals surface area contributed by atoms with Crippen LogP contribution in [-0.4, -0.2) is 42.3 Å². The summed E-state index contributed by atoms with van der Waals surface area (Å²) in [6.07, 6.45) is 0.211. The van der Waals surface area contributed by atoms with Gasteiger partial charge in [0, 0.05) is 18.4 Å². The van der Waals surface area contributed by atoms with Gasteiger partial charge in [-0.25, -0.2) is 9.59 Å². The number of aliphatic carboxylic acids is 1. The van der Waals surface area contributed by atoms with Crippen LogP contribution in [0.4, 0.5) is 4.79 Å². The summed E-state index contributed by atoms with van der Waals surface area (Å²) >= 11 is 0. The van der Waals surface area contributed by atoms with Crippen LogP contribution >= 0.6 is 0 Å². The Hall–Kier alpha value is -3.35. The van der Waals surface area contributed by atoms with E-state index in [1.807, 2.05) is 38.1 Å². The van der Waals surface area contributed by atoms with Crippen LogP contribution in [0.15, 0.2) is 48.5 Å². The topological polar surface area (TPSA) is 105 Å². The second kappa shape index (κ2) is 11.0. The van der Waals surface area contributed by atoms with Crippen molar-refractivity contribution in [3.63, 3.8) is 0 Å². The average Bonchev–Trinajstić information content (AvgIpc) is 3.10. The maximum atomic E-state index is 12.3. The smallest absolute Gasteiger partial charge is 0.407 e. The highest BCUT2D eigenvalue weighted by atomic mass is 16.5. The lowest BCUT2D eigenvalue weighted by atomic mass is 9.98. The molecule has 1 aliphatic rings. The Balaban J connectivity index is 1.46. The van der Waals surface area contributed by atoms with Gasteiger partial charge < -0.3 is 20.5 Å². The highest BCUT2D eigenvalue weighted by molar-refractivity contribution is 5.84. The van der Waals surface area contributed by atoms with Crippen molar-refractivity contribution in [2.75, 3.05) is 13.2 Å². The average molecular weight is 453 g/mol. The maximum Gasteiger partial charge on any atom is 0.407 e. The van der Waals surface area contributed by atoms with Crippen molar-refractivity contribution >= 4 is 18.0 Å². The van der Waals surface area contributed by atoms with Gasteiger partial charge in [0.05, 0.1) is 0 Å².